The van der Waals surface area contributed by atoms with Crippen molar-refractivity contribution in [1.82, 2.24) is 15.3 Å². The molecule has 0 bridgehead atoms. The minimum absolute atomic E-state index is 0.705. The van der Waals surface area contributed by atoms with Gasteiger partial charge in [0.25, 0.3) is 0 Å². The van der Waals surface area contributed by atoms with E-state index in [1.165, 1.54) is 12.8 Å². The van der Waals surface area contributed by atoms with Gasteiger partial charge in [-0.25, -0.2) is 9.97 Å². The van der Waals surface area contributed by atoms with E-state index in [-0.39, 0.29) is 0 Å². The molecular formula is C14H14BrN3. The van der Waals surface area contributed by atoms with Crippen LogP contribution in [-0.2, 0) is 6.54 Å². The zero-order chi connectivity index (χ0) is 12.4. The number of rotatable bonds is 4. The van der Waals surface area contributed by atoms with E-state index < -0.39 is 0 Å². The quantitative estimate of drug-likeness (QED) is 0.943. The second-order valence-corrected chi connectivity index (χ2v) is 5.45. The molecule has 0 aliphatic heterocycles. The van der Waals surface area contributed by atoms with Crippen molar-refractivity contribution in [3.8, 4) is 11.4 Å². The maximum atomic E-state index is 4.58. The third kappa shape index (κ3) is 2.94. The molecule has 0 unspecified atom stereocenters. The Morgan fingerprint density at radius 3 is 2.67 bits per heavy atom. The average Bonchev–Trinajstić information content (AvgIpc) is 3.22. The molecule has 4 heteroatoms. The third-order valence-electron chi connectivity index (χ3n) is 2.96. The molecule has 0 radical (unpaired) electrons. The molecule has 1 fully saturated rings. The van der Waals surface area contributed by atoms with Crippen LogP contribution in [0.1, 0.15) is 18.5 Å². The van der Waals surface area contributed by atoms with Crippen molar-refractivity contribution in [3.63, 3.8) is 0 Å². The summed E-state index contributed by atoms with van der Waals surface area (Å²) < 4.78 is 1.07. The topological polar surface area (TPSA) is 37.8 Å². The molecule has 1 N–H and O–H groups in total. The van der Waals surface area contributed by atoms with Gasteiger partial charge in [0.05, 0.1) is 5.69 Å². The van der Waals surface area contributed by atoms with E-state index in [1.54, 1.807) is 0 Å². The zero-order valence-corrected chi connectivity index (χ0v) is 11.5. The number of nitrogens with one attached hydrogen (secondary N) is 1. The fourth-order valence-electron chi connectivity index (χ4n) is 1.77. The smallest absolute Gasteiger partial charge is 0.159 e. The second-order valence-electron chi connectivity index (χ2n) is 4.53. The lowest BCUT2D eigenvalue weighted by atomic mass is 10.2. The molecule has 3 rings (SSSR count). The van der Waals surface area contributed by atoms with Crippen LogP contribution in [0.15, 0.2) is 41.0 Å². The Kier molecular flexibility index (Phi) is 3.39. The first kappa shape index (κ1) is 11.8. The van der Waals surface area contributed by atoms with Gasteiger partial charge in [0.15, 0.2) is 5.82 Å². The lowest BCUT2D eigenvalue weighted by Gasteiger charge is -2.05. The number of benzene rings is 1. The molecule has 1 aliphatic rings. The summed E-state index contributed by atoms with van der Waals surface area (Å²) >= 11 is 3.43. The van der Waals surface area contributed by atoms with Gasteiger partial charge >= 0.3 is 0 Å². The van der Waals surface area contributed by atoms with Crippen molar-refractivity contribution in [2.45, 2.75) is 25.4 Å². The highest BCUT2D eigenvalue weighted by atomic mass is 79.9. The van der Waals surface area contributed by atoms with Crippen LogP contribution in [0.5, 0.6) is 0 Å². The third-order valence-corrected chi connectivity index (χ3v) is 3.49. The van der Waals surface area contributed by atoms with Gasteiger partial charge in [0, 0.05) is 28.8 Å². The van der Waals surface area contributed by atoms with Gasteiger partial charge in [-0.2, -0.15) is 0 Å². The average molecular weight is 304 g/mol. The van der Waals surface area contributed by atoms with E-state index in [0.717, 1.165) is 28.1 Å². The molecule has 1 saturated carbocycles. The number of halogens is 1. The van der Waals surface area contributed by atoms with E-state index in [2.05, 4.69) is 31.2 Å². The van der Waals surface area contributed by atoms with Crippen LogP contribution in [0, 0.1) is 0 Å². The highest BCUT2D eigenvalue weighted by Gasteiger charge is 2.20. The van der Waals surface area contributed by atoms with Crippen LogP contribution in [-0.4, -0.2) is 16.0 Å². The molecule has 1 aliphatic carbocycles. The number of hydrogen-bond acceptors (Lipinski definition) is 3. The first-order chi connectivity index (χ1) is 8.81. The zero-order valence-electron chi connectivity index (χ0n) is 9.94. The van der Waals surface area contributed by atoms with Gasteiger partial charge in [-0.05, 0) is 31.0 Å². The molecule has 0 amide bonds. The molecule has 92 valence electrons. The number of nitrogens with zero attached hydrogens (tertiary/aromatic N) is 2. The minimum Gasteiger partial charge on any atom is -0.308 e. The van der Waals surface area contributed by atoms with E-state index in [4.69, 9.17) is 0 Å². The Bertz CT molecular complexity index is 535. The molecule has 0 saturated heterocycles. The molecule has 0 spiro atoms. The highest BCUT2D eigenvalue weighted by Crippen LogP contribution is 2.20. The lowest BCUT2D eigenvalue weighted by Crippen LogP contribution is -2.16. The van der Waals surface area contributed by atoms with Crippen LogP contribution >= 0.6 is 15.9 Å². The van der Waals surface area contributed by atoms with Crippen molar-refractivity contribution in [2.24, 2.45) is 0 Å². The minimum atomic E-state index is 0.705. The van der Waals surface area contributed by atoms with Crippen molar-refractivity contribution in [3.05, 3.63) is 46.7 Å². The molecule has 1 aromatic heterocycles. The Morgan fingerprint density at radius 2 is 1.94 bits per heavy atom. The first-order valence-corrected chi connectivity index (χ1v) is 6.92. The molecule has 2 aromatic rings. The molecule has 18 heavy (non-hydrogen) atoms. The normalized spacial score (nSPS) is 14.7. The van der Waals surface area contributed by atoms with Crippen LogP contribution in [0.4, 0.5) is 0 Å². The van der Waals surface area contributed by atoms with Gasteiger partial charge in [-0.1, -0.05) is 28.1 Å². The standard InChI is InChI=1S/C14H14BrN3/c15-11-3-1-10(2-4-11)14-16-8-7-13(18-14)9-17-12-5-6-12/h1-4,7-8,12,17H,5-6,9H2. The lowest BCUT2D eigenvalue weighted by molar-refractivity contribution is 0.673. The largest absolute Gasteiger partial charge is 0.308 e. The Morgan fingerprint density at radius 1 is 1.17 bits per heavy atom. The summed E-state index contributed by atoms with van der Waals surface area (Å²) in [4.78, 5) is 8.91. The van der Waals surface area contributed by atoms with Crippen molar-refractivity contribution in [1.29, 1.82) is 0 Å². The molecule has 3 nitrogen and oxygen atoms in total. The first-order valence-electron chi connectivity index (χ1n) is 6.12. The molecule has 1 heterocycles. The van der Waals surface area contributed by atoms with E-state index >= 15 is 0 Å². The van der Waals surface area contributed by atoms with Gasteiger partial charge in [0.2, 0.25) is 0 Å². The summed E-state index contributed by atoms with van der Waals surface area (Å²) in [5.74, 6) is 0.789. The van der Waals surface area contributed by atoms with Crippen molar-refractivity contribution in [2.75, 3.05) is 0 Å². The Balaban J connectivity index is 1.78. The summed E-state index contributed by atoms with van der Waals surface area (Å²) in [5, 5.41) is 3.46. The van der Waals surface area contributed by atoms with E-state index in [9.17, 15) is 0 Å². The number of hydrogen-bond donors (Lipinski definition) is 1. The van der Waals surface area contributed by atoms with Crippen LogP contribution < -0.4 is 5.32 Å². The summed E-state index contributed by atoms with van der Waals surface area (Å²) in [7, 11) is 0. The molecule has 0 atom stereocenters. The number of aromatic nitrogens is 2. The van der Waals surface area contributed by atoms with Crippen LogP contribution in [0.2, 0.25) is 0 Å². The van der Waals surface area contributed by atoms with Gasteiger partial charge in [-0.3, -0.25) is 0 Å². The monoisotopic (exact) mass is 303 g/mol. The highest BCUT2D eigenvalue weighted by molar-refractivity contribution is 9.10. The summed E-state index contributed by atoms with van der Waals surface area (Å²) in [6, 6.07) is 10.7. The predicted octanol–water partition coefficient (Wildman–Crippen LogP) is 3.16. The van der Waals surface area contributed by atoms with Gasteiger partial charge in [-0.15, -0.1) is 0 Å². The maximum Gasteiger partial charge on any atom is 0.159 e. The second kappa shape index (κ2) is 5.16. The molecular weight excluding hydrogens is 290 g/mol. The maximum absolute atomic E-state index is 4.58. The fourth-order valence-corrected chi connectivity index (χ4v) is 2.03. The van der Waals surface area contributed by atoms with Crippen LogP contribution in [0.3, 0.4) is 0 Å². The summed E-state index contributed by atoms with van der Waals surface area (Å²) in [6.07, 6.45) is 4.42. The van der Waals surface area contributed by atoms with E-state index in [0.29, 0.717) is 6.04 Å². The van der Waals surface area contributed by atoms with Crippen molar-refractivity contribution < 1.29 is 0 Å². The van der Waals surface area contributed by atoms with Crippen LogP contribution in [0.25, 0.3) is 11.4 Å². The van der Waals surface area contributed by atoms with Gasteiger partial charge < -0.3 is 5.32 Å². The van der Waals surface area contributed by atoms with E-state index in [1.807, 2.05) is 36.5 Å². The Hall–Kier alpha value is -1.26. The summed E-state index contributed by atoms with van der Waals surface area (Å²) in [6.45, 7) is 0.830. The Labute approximate surface area is 115 Å². The SMILES string of the molecule is Brc1ccc(-c2nccc(CNC3CC3)n2)cc1. The van der Waals surface area contributed by atoms with Gasteiger partial charge in [0.1, 0.15) is 0 Å². The molecule has 1 aromatic carbocycles. The van der Waals surface area contributed by atoms with Crippen molar-refractivity contribution >= 4 is 15.9 Å². The fraction of sp³-hybridized carbons (Fsp3) is 0.286. The predicted molar refractivity (Wildman–Crippen MR) is 75.0 cm³/mol. The summed E-state index contributed by atoms with van der Waals surface area (Å²) in [5.41, 5.74) is 2.10.